The van der Waals surface area contributed by atoms with E-state index in [2.05, 4.69) is 30.9 Å². The minimum atomic E-state index is 0.380. The molecule has 18 heavy (non-hydrogen) atoms. The molecular weight excluding hydrogens is 226 g/mol. The summed E-state index contributed by atoms with van der Waals surface area (Å²) in [4.78, 5) is 2.56. The Balaban J connectivity index is 1.86. The maximum Gasteiger partial charge on any atom is 0.231 e. The van der Waals surface area contributed by atoms with E-state index < -0.39 is 0 Å². The standard InChI is InChI=1S/C15H21NO2/c1-3-16(4-2)12-6-7-13-11(9-12)5-8-14-15(13)18-10-17-14/h5,8,12H,3-4,6-7,9-10H2,1-2H3. The average Bonchev–Trinajstić information content (AvgIpc) is 2.88. The lowest BCUT2D eigenvalue weighted by molar-refractivity contribution is 0.171. The molecule has 3 rings (SSSR count). The highest BCUT2D eigenvalue weighted by atomic mass is 16.7. The maximum absolute atomic E-state index is 5.61. The van der Waals surface area contributed by atoms with Crippen LogP contribution in [-0.2, 0) is 12.8 Å². The van der Waals surface area contributed by atoms with Gasteiger partial charge in [0.2, 0.25) is 6.79 Å². The van der Waals surface area contributed by atoms with Crippen molar-refractivity contribution in [3.05, 3.63) is 23.3 Å². The minimum Gasteiger partial charge on any atom is -0.454 e. The molecule has 0 aromatic heterocycles. The van der Waals surface area contributed by atoms with Gasteiger partial charge in [-0.1, -0.05) is 19.9 Å². The average molecular weight is 247 g/mol. The Morgan fingerprint density at radius 1 is 1.22 bits per heavy atom. The van der Waals surface area contributed by atoms with E-state index >= 15 is 0 Å². The quantitative estimate of drug-likeness (QED) is 0.819. The van der Waals surface area contributed by atoms with Gasteiger partial charge >= 0.3 is 0 Å². The first-order valence-corrected chi connectivity index (χ1v) is 6.97. The molecule has 2 aliphatic rings. The Morgan fingerprint density at radius 3 is 2.83 bits per heavy atom. The lowest BCUT2D eigenvalue weighted by Crippen LogP contribution is -2.39. The van der Waals surface area contributed by atoms with E-state index in [1.807, 2.05) is 0 Å². The van der Waals surface area contributed by atoms with E-state index in [0.717, 1.165) is 37.4 Å². The predicted molar refractivity (Wildman–Crippen MR) is 71.3 cm³/mol. The molecule has 0 saturated heterocycles. The fourth-order valence-corrected chi connectivity index (χ4v) is 3.25. The molecule has 1 unspecified atom stereocenters. The SMILES string of the molecule is CCN(CC)C1CCc2c(ccc3c2OCO3)C1. The van der Waals surface area contributed by atoms with E-state index in [1.165, 1.54) is 17.5 Å². The molecule has 0 N–H and O–H groups in total. The number of benzene rings is 1. The van der Waals surface area contributed by atoms with Gasteiger partial charge in [0.1, 0.15) is 0 Å². The van der Waals surface area contributed by atoms with Crippen LogP contribution in [-0.4, -0.2) is 30.8 Å². The monoisotopic (exact) mass is 247 g/mol. The predicted octanol–water partition coefficient (Wildman–Crippen LogP) is 2.61. The van der Waals surface area contributed by atoms with Crippen molar-refractivity contribution in [3.8, 4) is 11.5 Å². The molecule has 0 saturated carbocycles. The Bertz CT molecular complexity index is 440. The van der Waals surface area contributed by atoms with Crippen LogP contribution in [0.5, 0.6) is 11.5 Å². The zero-order valence-corrected chi connectivity index (χ0v) is 11.2. The molecule has 0 spiro atoms. The molecule has 1 aromatic carbocycles. The summed E-state index contributed by atoms with van der Waals surface area (Å²) in [5.74, 6) is 1.93. The molecule has 3 nitrogen and oxygen atoms in total. The zero-order chi connectivity index (χ0) is 12.5. The zero-order valence-electron chi connectivity index (χ0n) is 11.2. The number of hydrogen-bond donors (Lipinski definition) is 0. The molecule has 0 amide bonds. The van der Waals surface area contributed by atoms with Gasteiger partial charge in [0.15, 0.2) is 11.5 Å². The van der Waals surface area contributed by atoms with Gasteiger partial charge in [-0.05, 0) is 44.0 Å². The van der Waals surface area contributed by atoms with Crippen molar-refractivity contribution in [2.24, 2.45) is 0 Å². The smallest absolute Gasteiger partial charge is 0.231 e. The van der Waals surface area contributed by atoms with E-state index in [-0.39, 0.29) is 0 Å². The summed E-state index contributed by atoms with van der Waals surface area (Å²) in [6.07, 6.45) is 3.49. The maximum atomic E-state index is 5.61. The van der Waals surface area contributed by atoms with Crippen molar-refractivity contribution in [2.75, 3.05) is 19.9 Å². The van der Waals surface area contributed by atoms with Crippen molar-refractivity contribution < 1.29 is 9.47 Å². The lowest BCUT2D eigenvalue weighted by atomic mass is 9.86. The van der Waals surface area contributed by atoms with Crippen molar-refractivity contribution in [1.82, 2.24) is 4.90 Å². The Hall–Kier alpha value is -1.22. The highest BCUT2D eigenvalue weighted by Crippen LogP contribution is 2.41. The highest BCUT2D eigenvalue weighted by Gasteiger charge is 2.28. The van der Waals surface area contributed by atoms with Crippen LogP contribution in [0.1, 0.15) is 31.4 Å². The minimum absolute atomic E-state index is 0.380. The summed E-state index contributed by atoms with van der Waals surface area (Å²) in [6, 6.07) is 4.97. The molecule has 3 heteroatoms. The molecule has 1 aliphatic heterocycles. The fourth-order valence-electron chi connectivity index (χ4n) is 3.25. The molecule has 1 aromatic rings. The molecule has 0 fully saturated rings. The van der Waals surface area contributed by atoms with Crippen LogP contribution >= 0.6 is 0 Å². The van der Waals surface area contributed by atoms with Gasteiger partial charge in [0, 0.05) is 11.6 Å². The van der Waals surface area contributed by atoms with Crippen LogP contribution in [0, 0.1) is 0 Å². The van der Waals surface area contributed by atoms with Crippen LogP contribution in [0.25, 0.3) is 0 Å². The van der Waals surface area contributed by atoms with Crippen LogP contribution in [0.3, 0.4) is 0 Å². The Labute approximate surface area is 109 Å². The summed E-state index contributed by atoms with van der Waals surface area (Å²) < 4.78 is 11.1. The highest BCUT2D eigenvalue weighted by molar-refractivity contribution is 5.53. The second kappa shape index (κ2) is 4.81. The van der Waals surface area contributed by atoms with E-state index in [1.54, 1.807) is 0 Å². The number of nitrogens with zero attached hydrogens (tertiary/aromatic N) is 1. The number of hydrogen-bond acceptors (Lipinski definition) is 3. The molecule has 1 atom stereocenters. The third-order valence-corrected chi connectivity index (χ3v) is 4.25. The first kappa shape index (κ1) is 11.8. The van der Waals surface area contributed by atoms with Gasteiger partial charge in [-0.2, -0.15) is 0 Å². The van der Waals surface area contributed by atoms with Gasteiger partial charge in [0.05, 0.1) is 0 Å². The lowest BCUT2D eigenvalue weighted by Gasteiger charge is -2.34. The number of fused-ring (bicyclic) bond motifs is 3. The number of ether oxygens (including phenoxy) is 2. The van der Waals surface area contributed by atoms with Crippen LogP contribution in [0.4, 0.5) is 0 Å². The van der Waals surface area contributed by atoms with Crippen molar-refractivity contribution >= 4 is 0 Å². The largest absolute Gasteiger partial charge is 0.454 e. The van der Waals surface area contributed by atoms with Crippen molar-refractivity contribution in [1.29, 1.82) is 0 Å². The summed E-state index contributed by atoms with van der Waals surface area (Å²) in [5.41, 5.74) is 2.83. The molecule has 0 bridgehead atoms. The van der Waals surface area contributed by atoms with Crippen molar-refractivity contribution in [2.45, 2.75) is 39.2 Å². The second-order valence-electron chi connectivity index (χ2n) is 5.05. The van der Waals surface area contributed by atoms with Crippen LogP contribution < -0.4 is 9.47 Å². The van der Waals surface area contributed by atoms with Gasteiger partial charge in [0.25, 0.3) is 0 Å². The number of likely N-dealkylation sites (N-methyl/N-ethyl adjacent to an activating group) is 1. The van der Waals surface area contributed by atoms with Gasteiger partial charge < -0.3 is 14.4 Å². The van der Waals surface area contributed by atoms with Crippen LogP contribution in [0.2, 0.25) is 0 Å². The third kappa shape index (κ3) is 1.87. The van der Waals surface area contributed by atoms with Crippen LogP contribution in [0.15, 0.2) is 12.1 Å². The molecule has 1 heterocycles. The molecule has 98 valence electrons. The second-order valence-corrected chi connectivity index (χ2v) is 5.05. The van der Waals surface area contributed by atoms with E-state index in [0.29, 0.717) is 12.8 Å². The fraction of sp³-hybridized carbons (Fsp3) is 0.600. The summed E-state index contributed by atoms with van der Waals surface area (Å²) in [5, 5.41) is 0. The van der Waals surface area contributed by atoms with Gasteiger partial charge in [-0.3, -0.25) is 0 Å². The van der Waals surface area contributed by atoms with E-state index in [9.17, 15) is 0 Å². The summed E-state index contributed by atoms with van der Waals surface area (Å²) in [7, 11) is 0. The normalized spacial score (nSPS) is 21.2. The summed E-state index contributed by atoms with van der Waals surface area (Å²) >= 11 is 0. The molecular formula is C15H21NO2. The summed E-state index contributed by atoms with van der Waals surface area (Å²) in [6.45, 7) is 7.16. The first-order chi connectivity index (χ1) is 8.83. The van der Waals surface area contributed by atoms with Gasteiger partial charge in [-0.15, -0.1) is 0 Å². The third-order valence-electron chi connectivity index (χ3n) is 4.25. The Kier molecular flexibility index (Phi) is 3.16. The molecule has 1 aliphatic carbocycles. The van der Waals surface area contributed by atoms with Crippen molar-refractivity contribution in [3.63, 3.8) is 0 Å². The molecule has 0 radical (unpaired) electrons. The number of rotatable bonds is 3. The topological polar surface area (TPSA) is 21.7 Å². The van der Waals surface area contributed by atoms with E-state index in [4.69, 9.17) is 9.47 Å². The Morgan fingerprint density at radius 2 is 2.06 bits per heavy atom. The van der Waals surface area contributed by atoms with Gasteiger partial charge in [-0.25, -0.2) is 0 Å². The first-order valence-electron chi connectivity index (χ1n) is 6.97.